The van der Waals surface area contributed by atoms with Crippen molar-refractivity contribution in [3.05, 3.63) is 95.7 Å². The van der Waals surface area contributed by atoms with Crippen LogP contribution in [0.25, 0.3) is 6.08 Å². The number of nitrogens with one attached hydrogen (secondary N) is 1. The Bertz CT molecular complexity index is 1400. The maximum Gasteiger partial charge on any atom is 0.573 e. The molecule has 0 unspecified atom stereocenters. The fourth-order valence-electron chi connectivity index (χ4n) is 3.39. The van der Waals surface area contributed by atoms with Gasteiger partial charge in [-0.1, -0.05) is 42.1 Å². The number of alkyl halides is 6. The minimum absolute atomic E-state index is 0.0400. The first kappa shape index (κ1) is 27.8. The van der Waals surface area contributed by atoms with Crippen molar-refractivity contribution in [3.8, 4) is 5.75 Å². The zero-order valence-electron chi connectivity index (χ0n) is 19.6. The van der Waals surface area contributed by atoms with Gasteiger partial charge in [0.1, 0.15) is 11.4 Å². The Hall–Kier alpha value is -4.26. The van der Waals surface area contributed by atoms with E-state index in [2.05, 4.69) is 15.0 Å². The molecule has 39 heavy (non-hydrogen) atoms. The molecule has 0 saturated carbocycles. The lowest BCUT2D eigenvalue weighted by Crippen LogP contribution is -2.31. The molecule has 6 nitrogen and oxygen atoms in total. The molecule has 0 aromatic heterocycles. The molecule has 3 aromatic carbocycles. The van der Waals surface area contributed by atoms with Crippen molar-refractivity contribution in [2.75, 3.05) is 16.0 Å². The van der Waals surface area contributed by atoms with Gasteiger partial charge in [-0.25, -0.2) is 4.99 Å². The van der Waals surface area contributed by atoms with Crippen molar-refractivity contribution in [1.82, 2.24) is 0 Å². The van der Waals surface area contributed by atoms with Crippen LogP contribution in [0.3, 0.4) is 0 Å². The Morgan fingerprint density at radius 1 is 0.923 bits per heavy atom. The summed E-state index contributed by atoms with van der Waals surface area (Å²) < 4.78 is 79.3. The summed E-state index contributed by atoms with van der Waals surface area (Å²) in [7, 11) is 0. The number of aliphatic imine (C=N–C) groups is 1. The number of ether oxygens (including phenoxy) is 1. The fraction of sp³-hybridized carbons (Fsp3) is 0.115. The molecule has 1 heterocycles. The molecule has 0 bridgehead atoms. The summed E-state index contributed by atoms with van der Waals surface area (Å²) in [6, 6.07) is 17.2. The number of carbonyl (C=O) groups is 2. The number of benzene rings is 3. The smallest absolute Gasteiger partial charge is 0.406 e. The van der Waals surface area contributed by atoms with Gasteiger partial charge in [0.25, 0.3) is 5.91 Å². The Morgan fingerprint density at radius 2 is 1.56 bits per heavy atom. The Kier molecular flexibility index (Phi) is 8.00. The summed E-state index contributed by atoms with van der Waals surface area (Å²) in [6.45, 7) is 0. The quantitative estimate of drug-likeness (QED) is 0.266. The van der Waals surface area contributed by atoms with Crippen molar-refractivity contribution < 1.29 is 40.7 Å². The number of amidine groups is 1. The van der Waals surface area contributed by atoms with Gasteiger partial charge in [-0.15, -0.1) is 13.2 Å². The van der Waals surface area contributed by atoms with E-state index in [1.165, 1.54) is 35.2 Å². The van der Waals surface area contributed by atoms with E-state index in [-0.39, 0.29) is 22.3 Å². The van der Waals surface area contributed by atoms with Gasteiger partial charge >= 0.3 is 12.5 Å². The highest BCUT2D eigenvalue weighted by Crippen LogP contribution is 2.32. The average Bonchev–Trinajstić information content (AvgIpc) is 3.18. The van der Waals surface area contributed by atoms with Crippen molar-refractivity contribution in [1.29, 1.82) is 0 Å². The minimum atomic E-state index is -4.84. The number of carbonyl (C=O) groups excluding carboxylic acids is 2. The van der Waals surface area contributed by atoms with Crippen molar-refractivity contribution in [2.45, 2.75) is 12.5 Å². The lowest BCUT2D eigenvalue weighted by atomic mass is 10.1. The second kappa shape index (κ2) is 11.2. The molecule has 4 rings (SSSR count). The topological polar surface area (TPSA) is 71.0 Å². The Labute approximate surface area is 222 Å². The largest absolute Gasteiger partial charge is 0.573 e. The van der Waals surface area contributed by atoms with Gasteiger partial charge in [0, 0.05) is 5.69 Å². The van der Waals surface area contributed by atoms with Crippen LogP contribution >= 0.6 is 11.8 Å². The molecule has 0 atom stereocenters. The number of hydrogen-bond acceptors (Lipinski definition) is 5. The third-order valence-corrected chi connectivity index (χ3v) is 6.03. The number of anilines is 2. The Balaban J connectivity index is 1.49. The minimum Gasteiger partial charge on any atom is -0.406 e. The van der Waals surface area contributed by atoms with Crippen LogP contribution < -0.4 is 15.0 Å². The van der Waals surface area contributed by atoms with Gasteiger partial charge in [-0.05, 0) is 60.2 Å². The lowest BCUT2D eigenvalue weighted by Gasteiger charge is -2.17. The summed E-state index contributed by atoms with van der Waals surface area (Å²) in [5, 5.41) is 2.69. The van der Waals surface area contributed by atoms with Crippen molar-refractivity contribution in [2.24, 2.45) is 4.99 Å². The fourth-order valence-corrected chi connectivity index (χ4v) is 4.20. The number of halogens is 6. The molecule has 0 radical (unpaired) electrons. The number of amides is 2. The number of hydrogen-bond donors (Lipinski definition) is 1. The van der Waals surface area contributed by atoms with Gasteiger partial charge < -0.3 is 10.1 Å². The van der Waals surface area contributed by atoms with E-state index in [4.69, 9.17) is 0 Å². The maximum atomic E-state index is 13.2. The van der Waals surface area contributed by atoms with E-state index < -0.39 is 35.7 Å². The molecule has 1 aliphatic heterocycles. The van der Waals surface area contributed by atoms with E-state index in [0.717, 1.165) is 36.0 Å². The first-order valence-corrected chi connectivity index (χ1v) is 12.0. The van der Waals surface area contributed by atoms with Crippen molar-refractivity contribution in [3.63, 3.8) is 0 Å². The highest BCUT2D eigenvalue weighted by atomic mass is 32.2. The first-order valence-electron chi connectivity index (χ1n) is 11.0. The molecule has 3 aromatic rings. The van der Waals surface area contributed by atoms with Crippen molar-refractivity contribution >= 4 is 46.2 Å². The number of thioether (sulfide) groups is 1. The van der Waals surface area contributed by atoms with Crippen LogP contribution in [0.1, 0.15) is 11.1 Å². The van der Waals surface area contributed by atoms with E-state index in [1.54, 1.807) is 30.3 Å². The van der Waals surface area contributed by atoms with E-state index in [9.17, 15) is 35.9 Å². The second-order valence-electron chi connectivity index (χ2n) is 7.93. The van der Waals surface area contributed by atoms with Crippen LogP contribution in [0.4, 0.5) is 37.7 Å². The van der Waals surface area contributed by atoms with Gasteiger partial charge in [0.2, 0.25) is 5.91 Å². The Morgan fingerprint density at radius 3 is 2.15 bits per heavy atom. The summed E-state index contributed by atoms with van der Waals surface area (Å²) in [5.41, 5.74) is 0.140. The predicted molar refractivity (Wildman–Crippen MR) is 135 cm³/mol. The molecule has 0 saturated heterocycles. The standard InChI is InChI=1S/C26H17F6N3O3S/c27-25(28,29)17-8-6-16(7-9-17)14-21-23(37)35(19-4-2-1-3-5-19)24(34-21)39-15-22(36)33-18-10-12-20(13-11-18)38-26(30,31)32/h1-14H,15H2,(H,33,36). The van der Waals surface area contributed by atoms with Crippen LogP contribution in [0.15, 0.2) is 89.6 Å². The monoisotopic (exact) mass is 565 g/mol. The molecular formula is C26H17F6N3O3S. The SMILES string of the molecule is O=C(CSC1=NC(=Cc2ccc(C(F)(F)F)cc2)C(=O)N1c1ccccc1)Nc1ccc(OC(F)(F)F)cc1. The zero-order valence-corrected chi connectivity index (χ0v) is 20.4. The molecule has 2 amide bonds. The summed E-state index contributed by atoms with van der Waals surface area (Å²) >= 11 is 0.929. The van der Waals surface area contributed by atoms with Crippen LogP contribution in [0.5, 0.6) is 5.75 Å². The highest BCUT2D eigenvalue weighted by molar-refractivity contribution is 8.14. The second-order valence-corrected chi connectivity index (χ2v) is 8.87. The molecular weight excluding hydrogens is 548 g/mol. The molecule has 0 fully saturated rings. The van der Waals surface area contributed by atoms with Gasteiger partial charge in [0.05, 0.1) is 17.0 Å². The van der Waals surface area contributed by atoms with E-state index >= 15 is 0 Å². The molecule has 1 N–H and O–H groups in total. The number of para-hydroxylation sites is 1. The first-order chi connectivity index (χ1) is 18.4. The molecule has 1 aliphatic rings. The van der Waals surface area contributed by atoms with Crippen LogP contribution in [-0.2, 0) is 15.8 Å². The van der Waals surface area contributed by atoms with Crippen LogP contribution in [0, 0.1) is 0 Å². The van der Waals surface area contributed by atoms with Crippen LogP contribution in [0.2, 0.25) is 0 Å². The molecule has 0 spiro atoms. The van der Waals surface area contributed by atoms with Gasteiger partial charge in [-0.2, -0.15) is 13.2 Å². The zero-order chi connectivity index (χ0) is 28.2. The lowest BCUT2D eigenvalue weighted by molar-refractivity contribution is -0.274. The third-order valence-electron chi connectivity index (χ3n) is 5.09. The summed E-state index contributed by atoms with van der Waals surface area (Å²) in [5.74, 6) is -1.71. The maximum absolute atomic E-state index is 13.2. The van der Waals surface area contributed by atoms with E-state index in [1.807, 2.05) is 0 Å². The van der Waals surface area contributed by atoms with Gasteiger partial charge in [0.15, 0.2) is 5.17 Å². The van der Waals surface area contributed by atoms with E-state index in [0.29, 0.717) is 11.3 Å². The predicted octanol–water partition coefficient (Wildman–Crippen LogP) is 6.72. The molecule has 202 valence electrons. The molecule has 0 aliphatic carbocycles. The number of rotatable bonds is 6. The summed E-state index contributed by atoms with van der Waals surface area (Å²) in [6.07, 6.45) is -8.00. The average molecular weight is 565 g/mol. The normalized spacial score (nSPS) is 14.9. The van der Waals surface area contributed by atoms with Gasteiger partial charge in [-0.3, -0.25) is 14.5 Å². The van der Waals surface area contributed by atoms with Crippen LogP contribution in [-0.4, -0.2) is 29.1 Å². The highest BCUT2D eigenvalue weighted by Gasteiger charge is 2.33. The summed E-state index contributed by atoms with van der Waals surface area (Å²) in [4.78, 5) is 31.2. The number of nitrogens with zero attached hydrogens (tertiary/aromatic N) is 2. The third kappa shape index (κ3) is 7.41. The molecule has 13 heteroatoms.